The van der Waals surface area contributed by atoms with E-state index in [2.05, 4.69) is 19.2 Å². The van der Waals surface area contributed by atoms with E-state index in [1.54, 1.807) is 12.1 Å². The minimum atomic E-state index is -0.204. The van der Waals surface area contributed by atoms with E-state index in [4.69, 9.17) is 0 Å². The van der Waals surface area contributed by atoms with Crippen molar-refractivity contribution in [1.82, 2.24) is 10.2 Å². The van der Waals surface area contributed by atoms with Gasteiger partial charge in [-0.15, -0.1) is 0 Å². The minimum Gasteiger partial charge on any atom is -0.343 e. The topological polar surface area (TPSA) is 32.3 Å². The number of carbonyl (C=O) groups excluding carboxylic acids is 1. The van der Waals surface area contributed by atoms with Crippen LogP contribution in [0.15, 0.2) is 24.3 Å². The van der Waals surface area contributed by atoms with Crippen LogP contribution in [0.5, 0.6) is 0 Å². The average molecular weight is 280 g/mol. The van der Waals surface area contributed by atoms with E-state index in [1.807, 2.05) is 11.0 Å². The van der Waals surface area contributed by atoms with E-state index in [-0.39, 0.29) is 11.7 Å². The summed E-state index contributed by atoms with van der Waals surface area (Å²) in [4.78, 5) is 13.9. The first kappa shape index (κ1) is 16.6. The summed E-state index contributed by atoms with van der Waals surface area (Å²) < 4.78 is 13.4. The quantitative estimate of drug-likeness (QED) is 0.705. The standard InChI is InChI=1S/C16H25FN2O/c1-3-11-19(12-4-2)16(20)9-10-18-13-14-7-5-6-8-15(14)17/h5-8,18H,3-4,9-13H2,1-2H3. The second-order valence-corrected chi connectivity index (χ2v) is 4.90. The van der Waals surface area contributed by atoms with Gasteiger partial charge >= 0.3 is 0 Å². The molecule has 0 radical (unpaired) electrons. The Morgan fingerprint density at radius 1 is 1.20 bits per heavy atom. The summed E-state index contributed by atoms with van der Waals surface area (Å²) in [6, 6.07) is 6.70. The fraction of sp³-hybridized carbons (Fsp3) is 0.562. The third kappa shape index (κ3) is 5.70. The molecule has 20 heavy (non-hydrogen) atoms. The molecule has 112 valence electrons. The summed E-state index contributed by atoms with van der Waals surface area (Å²) in [5, 5.41) is 3.13. The summed E-state index contributed by atoms with van der Waals surface area (Å²) in [5.74, 6) is -0.0281. The highest BCUT2D eigenvalue weighted by Crippen LogP contribution is 2.05. The lowest BCUT2D eigenvalue weighted by Crippen LogP contribution is -2.34. The first-order valence-electron chi connectivity index (χ1n) is 7.40. The molecule has 0 heterocycles. The van der Waals surface area contributed by atoms with Crippen molar-refractivity contribution in [2.24, 2.45) is 0 Å². The van der Waals surface area contributed by atoms with Crippen molar-refractivity contribution in [3.8, 4) is 0 Å². The van der Waals surface area contributed by atoms with E-state index >= 15 is 0 Å². The van der Waals surface area contributed by atoms with Crippen LogP contribution in [0.25, 0.3) is 0 Å². The van der Waals surface area contributed by atoms with Crippen molar-refractivity contribution in [3.05, 3.63) is 35.6 Å². The van der Waals surface area contributed by atoms with Crippen molar-refractivity contribution in [2.45, 2.75) is 39.7 Å². The van der Waals surface area contributed by atoms with Gasteiger partial charge in [0.05, 0.1) is 0 Å². The zero-order valence-electron chi connectivity index (χ0n) is 12.5. The smallest absolute Gasteiger partial charge is 0.223 e. The second-order valence-electron chi connectivity index (χ2n) is 4.90. The van der Waals surface area contributed by atoms with Gasteiger partial charge in [-0.3, -0.25) is 4.79 Å². The van der Waals surface area contributed by atoms with Crippen molar-refractivity contribution in [1.29, 1.82) is 0 Å². The van der Waals surface area contributed by atoms with Gasteiger partial charge in [-0.2, -0.15) is 0 Å². The monoisotopic (exact) mass is 280 g/mol. The van der Waals surface area contributed by atoms with E-state index in [0.29, 0.717) is 25.1 Å². The lowest BCUT2D eigenvalue weighted by molar-refractivity contribution is -0.131. The third-order valence-corrected chi connectivity index (χ3v) is 3.13. The van der Waals surface area contributed by atoms with Gasteiger partial charge in [0.25, 0.3) is 0 Å². The largest absolute Gasteiger partial charge is 0.343 e. The van der Waals surface area contributed by atoms with E-state index < -0.39 is 0 Å². The van der Waals surface area contributed by atoms with Crippen LogP contribution in [0.3, 0.4) is 0 Å². The van der Waals surface area contributed by atoms with Crippen LogP contribution in [0, 0.1) is 5.82 Å². The van der Waals surface area contributed by atoms with Gasteiger partial charge in [-0.25, -0.2) is 4.39 Å². The number of hydrogen-bond acceptors (Lipinski definition) is 2. The fourth-order valence-corrected chi connectivity index (χ4v) is 2.12. The van der Waals surface area contributed by atoms with Gasteiger partial charge in [-0.05, 0) is 18.9 Å². The highest BCUT2D eigenvalue weighted by atomic mass is 19.1. The number of amides is 1. The van der Waals surface area contributed by atoms with Gasteiger partial charge in [0.15, 0.2) is 0 Å². The van der Waals surface area contributed by atoms with Crippen LogP contribution in [0.4, 0.5) is 4.39 Å². The Balaban J connectivity index is 2.29. The molecule has 4 heteroatoms. The Morgan fingerprint density at radius 2 is 1.85 bits per heavy atom. The first-order chi connectivity index (χ1) is 9.69. The number of nitrogens with zero attached hydrogens (tertiary/aromatic N) is 1. The first-order valence-corrected chi connectivity index (χ1v) is 7.40. The maximum absolute atomic E-state index is 13.4. The molecular weight excluding hydrogens is 255 g/mol. The normalized spacial score (nSPS) is 10.6. The van der Waals surface area contributed by atoms with Crippen LogP contribution in [-0.2, 0) is 11.3 Å². The molecule has 1 rings (SSSR count). The number of hydrogen-bond donors (Lipinski definition) is 1. The summed E-state index contributed by atoms with van der Waals surface area (Å²) in [5.41, 5.74) is 0.638. The summed E-state index contributed by atoms with van der Waals surface area (Å²) >= 11 is 0. The van der Waals surface area contributed by atoms with Crippen LogP contribution in [-0.4, -0.2) is 30.4 Å². The molecule has 0 aliphatic heterocycles. The highest BCUT2D eigenvalue weighted by molar-refractivity contribution is 5.76. The van der Waals surface area contributed by atoms with Gasteiger partial charge in [0.2, 0.25) is 5.91 Å². The molecule has 0 fully saturated rings. The Labute approximate surface area is 121 Å². The summed E-state index contributed by atoms with van der Waals surface area (Å²) in [7, 11) is 0. The number of halogens is 1. The molecule has 0 bridgehead atoms. The molecule has 1 aromatic rings. The third-order valence-electron chi connectivity index (χ3n) is 3.13. The zero-order valence-corrected chi connectivity index (χ0v) is 12.5. The van der Waals surface area contributed by atoms with Gasteiger partial charge in [-0.1, -0.05) is 32.0 Å². The van der Waals surface area contributed by atoms with E-state index in [0.717, 1.165) is 25.9 Å². The predicted octanol–water partition coefficient (Wildman–Crippen LogP) is 2.95. The molecule has 3 nitrogen and oxygen atoms in total. The van der Waals surface area contributed by atoms with Crippen molar-refractivity contribution < 1.29 is 9.18 Å². The maximum Gasteiger partial charge on any atom is 0.223 e. The van der Waals surface area contributed by atoms with Crippen molar-refractivity contribution >= 4 is 5.91 Å². The molecule has 0 unspecified atom stereocenters. The van der Waals surface area contributed by atoms with Crippen LogP contribution < -0.4 is 5.32 Å². The van der Waals surface area contributed by atoms with Crippen LogP contribution in [0.1, 0.15) is 38.7 Å². The van der Waals surface area contributed by atoms with Crippen LogP contribution in [0.2, 0.25) is 0 Å². The molecule has 0 aliphatic rings. The molecular formula is C16H25FN2O. The SMILES string of the molecule is CCCN(CCC)C(=O)CCNCc1ccccc1F. The summed E-state index contributed by atoms with van der Waals surface area (Å²) in [6.45, 7) is 6.83. The van der Waals surface area contributed by atoms with Crippen molar-refractivity contribution in [3.63, 3.8) is 0 Å². The average Bonchev–Trinajstić information content (AvgIpc) is 2.45. The lowest BCUT2D eigenvalue weighted by atomic mass is 10.2. The molecule has 0 saturated carbocycles. The number of benzene rings is 1. The Morgan fingerprint density at radius 3 is 2.45 bits per heavy atom. The van der Waals surface area contributed by atoms with Gasteiger partial charge < -0.3 is 10.2 Å². The molecule has 1 aromatic carbocycles. The summed E-state index contributed by atoms with van der Waals surface area (Å²) in [6.07, 6.45) is 2.43. The Kier molecular flexibility index (Phi) is 7.88. The second kappa shape index (κ2) is 9.48. The fourth-order valence-electron chi connectivity index (χ4n) is 2.12. The van der Waals surface area contributed by atoms with Crippen molar-refractivity contribution in [2.75, 3.05) is 19.6 Å². The predicted molar refractivity (Wildman–Crippen MR) is 79.9 cm³/mol. The highest BCUT2D eigenvalue weighted by Gasteiger charge is 2.10. The van der Waals surface area contributed by atoms with Gasteiger partial charge in [0.1, 0.15) is 5.82 Å². The lowest BCUT2D eigenvalue weighted by Gasteiger charge is -2.21. The van der Waals surface area contributed by atoms with E-state index in [1.165, 1.54) is 6.07 Å². The Hall–Kier alpha value is -1.42. The molecule has 0 spiro atoms. The molecule has 0 aliphatic carbocycles. The molecule has 0 aromatic heterocycles. The number of rotatable bonds is 9. The molecule has 0 atom stereocenters. The molecule has 0 saturated heterocycles. The molecule has 1 amide bonds. The zero-order chi connectivity index (χ0) is 14.8. The van der Waals surface area contributed by atoms with Gasteiger partial charge in [0, 0.05) is 38.2 Å². The minimum absolute atomic E-state index is 0.176. The molecule has 1 N–H and O–H groups in total. The van der Waals surface area contributed by atoms with Crippen LogP contribution >= 0.6 is 0 Å². The van der Waals surface area contributed by atoms with E-state index in [9.17, 15) is 9.18 Å². The number of nitrogens with one attached hydrogen (secondary N) is 1. The number of carbonyl (C=O) groups is 1. The Bertz CT molecular complexity index is 403. The maximum atomic E-state index is 13.4.